The van der Waals surface area contributed by atoms with Gasteiger partial charge >= 0.3 is 0 Å². The summed E-state index contributed by atoms with van der Waals surface area (Å²) in [5.74, 6) is 2.83. The van der Waals surface area contributed by atoms with Crippen molar-refractivity contribution in [1.29, 1.82) is 0 Å². The van der Waals surface area contributed by atoms with Gasteiger partial charge in [-0.2, -0.15) is 0 Å². The number of halogens is 1. The van der Waals surface area contributed by atoms with Crippen molar-refractivity contribution in [2.75, 3.05) is 0 Å². The van der Waals surface area contributed by atoms with Crippen LogP contribution in [0.5, 0.6) is 0 Å². The van der Waals surface area contributed by atoms with Crippen molar-refractivity contribution in [3.05, 3.63) is 0 Å². The molecule has 4 bridgehead atoms. The van der Waals surface area contributed by atoms with Crippen LogP contribution < -0.4 is 0 Å². The highest BCUT2D eigenvalue weighted by atomic mass is 35.5. The monoisotopic (exact) mass is 226 g/mol. The highest BCUT2D eigenvalue weighted by Gasteiger charge is 2.54. The molecule has 4 aliphatic rings. The van der Waals surface area contributed by atoms with Gasteiger partial charge in [0.25, 0.3) is 0 Å². The van der Waals surface area contributed by atoms with Crippen LogP contribution in [0.15, 0.2) is 0 Å². The van der Waals surface area contributed by atoms with E-state index in [-0.39, 0.29) is 11.2 Å². The summed E-state index contributed by atoms with van der Waals surface area (Å²) in [6.07, 6.45) is 8.13. The van der Waals surface area contributed by atoms with E-state index in [9.17, 15) is 4.79 Å². The lowest BCUT2D eigenvalue weighted by molar-refractivity contribution is -0.129. The van der Waals surface area contributed by atoms with Crippen molar-refractivity contribution >= 4 is 16.8 Å². The standard InChI is InChI=1S/C13H19ClO/c1-8(12(14)15)13-5-9-2-10(6-13)4-11(3-9)7-13/h8-11H,2-7H2,1H3. The quantitative estimate of drug-likeness (QED) is 0.658. The van der Waals surface area contributed by atoms with E-state index in [0.717, 1.165) is 17.8 Å². The van der Waals surface area contributed by atoms with Crippen molar-refractivity contribution in [1.82, 2.24) is 0 Å². The van der Waals surface area contributed by atoms with Gasteiger partial charge in [0.1, 0.15) is 0 Å². The van der Waals surface area contributed by atoms with E-state index in [1.165, 1.54) is 38.5 Å². The van der Waals surface area contributed by atoms with Gasteiger partial charge in [-0.25, -0.2) is 0 Å². The Labute approximate surface area is 96.6 Å². The molecule has 0 saturated heterocycles. The molecule has 1 unspecified atom stereocenters. The Kier molecular flexibility index (Phi) is 2.18. The van der Waals surface area contributed by atoms with E-state index in [1.807, 2.05) is 0 Å². The van der Waals surface area contributed by atoms with Gasteiger partial charge in [0.15, 0.2) is 0 Å². The maximum Gasteiger partial charge on any atom is 0.224 e. The molecule has 4 saturated carbocycles. The second-order valence-corrected chi connectivity index (χ2v) is 6.68. The first-order chi connectivity index (χ1) is 7.09. The van der Waals surface area contributed by atoms with E-state index >= 15 is 0 Å². The summed E-state index contributed by atoms with van der Waals surface area (Å²) in [4.78, 5) is 11.4. The van der Waals surface area contributed by atoms with E-state index in [1.54, 1.807) is 0 Å². The minimum absolute atomic E-state index is 0.0903. The first-order valence-corrected chi connectivity index (χ1v) is 6.66. The smallest absolute Gasteiger partial charge is 0.224 e. The Morgan fingerprint density at radius 3 is 1.87 bits per heavy atom. The average Bonchev–Trinajstić information content (AvgIpc) is 2.14. The normalized spacial score (nSPS) is 49.3. The average molecular weight is 227 g/mol. The van der Waals surface area contributed by atoms with Gasteiger partial charge in [-0.1, -0.05) is 6.92 Å². The van der Waals surface area contributed by atoms with E-state index in [4.69, 9.17) is 11.6 Å². The van der Waals surface area contributed by atoms with Crippen molar-refractivity contribution < 1.29 is 4.79 Å². The molecule has 1 atom stereocenters. The minimum atomic E-state index is -0.100. The van der Waals surface area contributed by atoms with Crippen LogP contribution in [0.25, 0.3) is 0 Å². The highest BCUT2D eigenvalue weighted by Crippen LogP contribution is 2.62. The summed E-state index contributed by atoms with van der Waals surface area (Å²) in [6, 6.07) is 0. The Balaban J connectivity index is 1.89. The van der Waals surface area contributed by atoms with Gasteiger partial charge < -0.3 is 0 Å². The predicted octanol–water partition coefficient (Wildman–Crippen LogP) is 3.60. The molecule has 0 aromatic carbocycles. The molecule has 1 nitrogen and oxygen atoms in total. The van der Waals surface area contributed by atoms with E-state index in [2.05, 4.69) is 6.92 Å². The van der Waals surface area contributed by atoms with Crippen molar-refractivity contribution in [3.8, 4) is 0 Å². The SMILES string of the molecule is CC(C(=O)Cl)C12CC3CC(CC(C3)C1)C2. The Bertz CT molecular complexity index is 262. The van der Waals surface area contributed by atoms with Crippen molar-refractivity contribution in [3.63, 3.8) is 0 Å². The zero-order valence-electron chi connectivity index (χ0n) is 9.34. The molecule has 0 radical (unpaired) electrons. The highest BCUT2D eigenvalue weighted by molar-refractivity contribution is 6.64. The number of hydrogen-bond donors (Lipinski definition) is 0. The number of rotatable bonds is 2. The second kappa shape index (κ2) is 3.23. The van der Waals surface area contributed by atoms with Crippen LogP contribution in [0.1, 0.15) is 45.4 Å². The van der Waals surface area contributed by atoms with Crippen LogP contribution in [-0.4, -0.2) is 5.24 Å². The summed E-state index contributed by atoms with van der Waals surface area (Å²) in [5, 5.41) is -0.100. The molecule has 4 fully saturated rings. The summed E-state index contributed by atoms with van der Waals surface area (Å²) < 4.78 is 0. The van der Waals surface area contributed by atoms with E-state index < -0.39 is 0 Å². The molecule has 0 aromatic rings. The van der Waals surface area contributed by atoms with Crippen LogP contribution in [0.3, 0.4) is 0 Å². The Morgan fingerprint density at radius 1 is 1.13 bits per heavy atom. The van der Waals surface area contributed by atoms with Gasteiger partial charge in [0, 0.05) is 5.92 Å². The fourth-order valence-corrected chi connectivity index (χ4v) is 5.18. The van der Waals surface area contributed by atoms with Gasteiger partial charge in [0.05, 0.1) is 0 Å². The molecule has 0 amide bonds. The fraction of sp³-hybridized carbons (Fsp3) is 0.923. The summed E-state index contributed by atoms with van der Waals surface area (Å²) in [5.41, 5.74) is 0.299. The third kappa shape index (κ3) is 1.46. The first-order valence-electron chi connectivity index (χ1n) is 6.28. The molecule has 0 N–H and O–H groups in total. The molecule has 2 heteroatoms. The predicted molar refractivity (Wildman–Crippen MR) is 60.6 cm³/mol. The van der Waals surface area contributed by atoms with Crippen molar-refractivity contribution in [2.45, 2.75) is 45.4 Å². The fourth-order valence-electron chi connectivity index (χ4n) is 4.95. The Hall–Kier alpha value is -0.0400. The molecule has 4 rings (SSSR count). The Morgan fingerprint density at radius 2 is 1.53 bits per heavy atom. The van der Waals surface area contributed by atoms with Gasteiger partial charge in [-0.3, -0.25) is 4.79 Å². The molecule has 0 aromatic heterocycles. The lowest BCUT2D eigenvalue weighted by Crippen LogP contribution is -2.50. The molecular formula is C13H19ClO. The van der Waals surface area contributed by atoms with Crippen LogP contribution in [0.2, 0.25) is 0 Å². The maximum absolute atomic E-state index is 11.4. The molecule has 84 valence electrons. The van der Waals surface area contributed by atoms with Gasteiger partial charge in [-0.05, 0) is 73.3 Å². The maximum atomic E-state index is 11.4. The molecule has 15 heavy (non-hydrogen) atoms. The number of carbonyl (C=O) groups excluding carboxylic acids is 1. The molecule has 0 heterocycles. The lowest BCUT2D eigenvalue weighted by atomic mass is 9.47. The summed E-state index contributed by atoms with van der Waals surface area (Å²) >= 11 is 5.73. The molecule has 0 aliphatic heterocycles. The zero-order chi connectivity index (χ0) is 10.6. The number of hydrogen-bond acceptors (Lipinski definition) is 1. The summed E-state index contributed by atoms with van der Waals surface area (Å²) in [7, 11) is 0. The van der Waals surface area contributed by atoms with Crippen LogP contribution in [0.4, 0.5) is 0 Å². The first kappa shape index (κ1) is 10.1. The zero-order valence-corrected chi connectivity index (χ0v) is 10.1. The summed E-state index contributed by atoms with van der Waals surface area (Å²) in [6.45, 7) is 2.06. The van der Waals surface area contributed by atoms with Crippen LogP contribution >= 0.6 is 11.6 Å². The lowest BCUT2D eigenvalue weighted by Gasteiger charge is -2.58. The van der Waals surface area contributed by atoms with Crippen LogP contribution in [0, 0.1) is 29.1 Å². The molecular weight excluding hydrogens is 208 g/mol. The largest absolute Gasteiger partial charge is 0.281 e. The molecule has 0 spiro atoms. The topological polar surface area (TPSA) is 17.1 Å². The second-order valence-electron chi connectivity index (χ2n) is 6.31. The van der Waals surface area contributed by atoms with Gasteiger partial charge in [0.2, 0.25) is 5.24 Å². The van der Waals surface area contributed by atoms with Crippen LogP contribution in [-0.2, 0) is 4.79 Å². The molecule has 4 aliphatic carbocycles. The third-order valence-electron chi connectivity index (χ3n) is 5.34. The minimum Gasteiger partial charge on any atom is -0.281 e. The van der Waals surface area contributed by atoms with Gasteiger partial charge in [-0.15, -0.1) is 0 Å². The third-order valence-corrected chi connectivity index (χ3v) is 5.67. The van der Waals surface area contributed by atoms with Crippen molar-refractivity contribution in [2.24, 2.45) is 29.1 Å². The van der Waals surface area contributed by atoms with E-state index in [0.29, 0.717) is 5.41 Å². The number of carbonyl (C=O) groups is 1.